The summed E-state index contributed by atoms with van der Waals surface area (Å²) in [6.45, 7) is 2.13. The molecule has 0 saturated heterocycles. The number of aliphatic carboxylic acids is 1. The van der Waals surface area contributed by atoms with E-state index >= 15 is 0 Å². The lowest BCUT2D eigenvalue weighted by molar-refractivity contribution is -0.143. The fraction of sp³-hybridized carbons (Fsp3) is 0.643. The average molecular weight is 279 g/mol. The quantitative estimate of drug-likeness (QED) is 0.875. The Morgan fingerprint density at radius 1 is 1.55 bits per heavy atom. The van der Waals surface area contributed by atoms with Gasteiger partial charge in [0.2, 0.25) is 0 Å². The molecule has 2 rings (SSSR count). The molecule has 0 radical (unpaired) electrons. The highest BCUT2D eigenvalue weighted by Crippen LogP contribution is 2.35. The minimum absolute atomic E-state index is 0.118. The summed E-state index contributed by atoms with van der Waals surface area (Å²) in [4.78, 5) is 27.6. The zero-order chi connectivity index (χ0) is 14.8. The minimum Gasteiger partial charge on any atom is -0.480 e. The zero-order valence-electron chi connectivity index (χ0n) is 11.9. The Balaban J connectivity index is 2.25. The van der Waals surface area contributed by atoms with Crippen LogP contribution in [-0.4, -0.2) is 26.2 Å². The third kappa shape index (κ3) is 2.69. The smallest absolute Gasteiger partial charge is 0.329 e. The summed E-state index contributed by atoms with van der Waals surface area (Å²) in [7, 11) is 1.62. The van der Waals surface area contributed by atoms with Gasteiger partial charge in [0.25, 0.3) is 5.56 Å². The Labute approximate surface area is 117 Å². The van der Waals surface area contributed by atoms with Gasteiger partial charge in [-0.2, -0.15) is 0 Å². The van der Waals surface area contributed by atoms with Crippen LogP contribution in [-0.2, 0) is 11.8 Å². The lowest BCUT2D eigenvalue weighted by Crippen LogP contribution is -2.50. The Morgan fingerprint density at radius 3 is 2.75 bits per heavy atom. The SMILES string of the molecule is CCC1CCC(Nc2nccn(C)c2=O)(C(=O)O)CC1. The number of aromatic nitrogens is 2. The number of hydrogen-bond acceptors (Lipinski definition) is 4. The van der Waals surface area contributed by atoms with Gasteiger partial charge in [-0.05, 0) is 31.6 Å². The lowest BCUT2D eigenvalue weighted by atomic mass is 9.75. The zero-order valence-corrected chi connectivity index (χ0v) is 11.9. The van der Waals surface area contributed by atoms with E-state index in [2.05, 4.69) is 17.2 Å². The maximum absolute atomic E-state index is 12.0. The van der Waals surface area contributed by atoms with E-state index in [9.17, 15) is 14.7 Å². The number of carboxylic acid groups (broad SMARTS) is 1. The van der Waals surface area contributed by atoms with Crippen molar-refractivity contribution in [3.05, 3.63) is 22.7 Å². The molecule has 1 heterocycles. The monoisotopic (exact) mass is 279 g/mol. The number of carboxylic acids is 1. The molecule has 1 aromatic heterocycles. The number of rotatable bonds is 4. The molecular formula is C14H21N3O3. The van der Waals surface area contributed by atoms with Gasteiger partial charge in [-0.1, -0.05) is 13.3 Å². The highest BCUT2D eigenvalue weighted by Gasteiger charge is 2.42. The summed E-state index contributed by atoms with van der Waals surface area (Å²) >= 11 is 0. The maximum Gasteiger partial charge on any atom is 0.329 e. The van der Waals surface area contributed by atoms with Crippen LogP contribution in [0.3, 0.4) is 0 Å². The van der Waals surface area contributed by atoms with Crippen LogP contribution in [0.5, 0.6) is 0 Å². The minimum atomic E-state index is -1.06. The fourth-order valence-electron chi connectivity index (χ4n) is 2.78. The predicted octanol–water partition coefficient (Wildman–Crippen LogP) is 1.62. The van der Waals surface area contributed by atoms with Crippen molar-refractivity contribution in [2.75, 3.05) is 5.32 Å². The van der Waals surface area contributed by atoms with Crippen LogP contribution in [0.1, 0.15) is 39.0 Å². The largest absolute Gasteiger partial charge is 0.480 e. The van der Waals surface area contributed by atoms with E-state index < -0.39 is 11.5 Å². The van der Waals surface area contributed by atoms with Crippen LogP contribution in [0.4, 0.5) is 5.82 Å². The molecule has 0 atom stereocenters. The molecule has 0 amide bonds. The van der Waals surface area contributed by atoms with Gasteiger partial charge in [0.1, 0.15) is 5.54 Å². The van der Waals surface area contributed by atoms with Crippen molar-refractivity contribution in [2.24, 2.45) is 13.0 Å². The van der Waals surface area contributed by atoms with Crippen molar-refractivity contribution in [2.45, 2.75) is 44.6 Å². The van der Waals surface area contributed by atoms with E-state index in [0.717, 1.165) is 19.3 Å². The summed E-state index contributed by atoms with van der Waals surface area (Å²) in [5, 5.41) is 12.5. The topological polar surface area (TPSA) is 84.2 Å². The fourth-order valence-corrected chi connectivity index (χ4v) is 2.78. The van der Waals surface area contributed by atoms with Gasteiger partial charge in [-0.3, -0.25) is 4.79 Å². The predicted molar refractivity (Wildman–Crippen MR) is 75.7 cm³/mol. The van der Waals surface area contributed by atoms with E-state index in [-0.39, 0.29) is 11.4 Å². The number of hydrogen-bond donors (Lipinski definition) is 2. The van der Waals surface area contributed by atoms with Gasteiger partial charge in [-0.25, -0.2) is 9.78 Å². The maximum atomic E-state index is 12.0. The van der Waals surface area contributed by atoms with E-state index in [1.165, 1.54) is 10.8 Å². The highest BCUT2D eigenvalue weighted by molar-refractivity contribution is 5.82. The van der Waals surface area contributed by atoms with Crippen molar-refractivity contribution in [3.63, 3.8) is 0 Å². The van der Waals surface area contributed by atoms with Crippen LogP contribution >= 0.6 is 0 Å². The molecule has 6 nitrogen and oxygen atoms in total. The van der Waals surface area contributed by atoms with Gasteiger partial charge < -0.3 is 15.0 Å². The average Bonchev–Trinajstić information content (AvgIpc) is 2.44. The number of nitrogens with zero attached hydrogens (tertiary/aromatic N) is 2. The number of carbonyl (C=O) groups is 1. The van der Waals surface area contributed by atoms with Gasteiger partial charge >= 0.3 is 5.97 Å². The summed E-state index contributed by atoms with van der Waals surface area (Å²) in [5.41, 5.74) is -1.36. The van der Waals surface area contributed by atoms with Crippen LogP contribution in [0.25, 0.3) is 0 Å². The van der Waals surface area contributed by atoms with Crippen molar-refractivity contribution >= 4 is 11.8 Å². The standard InChI is InChI=1S/C14H21N3O3/c1-3-10-4-6-14(7-5-10,13(19)20)16-11-12(18)17(2)9-8-15-11/h8-10H,3-7H2,1-2H3,(H,15,16)(H,19,20). The third-order valence-electron chi connectivity index (χ3n) is 4.32. The molecule has 0 spiro atoms. The molecule has 6 heteroatoms. The molecule has 0 unspecified atom stereocenters. The van der Waals surface area contributed by atoms with Crippen molar-refractivity contribution in [1.29, 1.82) is 0 Å². The second kappa shape index (κ2) is 5.64. The first-order valence-corrected chi connectivity index (χ1v) is 7.01. The number of anilines is 1. The van der Waals surface area contributed by atoms with E-state index in [1.807, 2.05) is 0 Å². The summed E-state index contributed by atoms with van der Waals surface area (Å²) < 4.78 is 1.39. The lowest BCUT2D eigenvalue weighted by Gasteiger charge is -2.37. The number of nitrogens with one attached hydrogen (secondary N) is 1. The highest BCUT2D eigenvalue weighted by atomic mass is 16.4. The normalized spacial score (nSPS) is 26.2. The Bertz CT molecular complexity index is 545. The van der Waals surface area contributed by atoms with Gasteiger partial charge in [0, 0.05) is 19.4 Å². The summed E-state index contributed by atoms with van der Waals surface area (Å²) in [6.07, 6.45) is 6.90. The van der Waals surface area contributed by atoms with Gasteiger partial charge in [-0.15, -0.1) is 0 Å². The van der Waals surface area contributed by atoms with Crippen molar-refractivity contribution < 1.29 is 9.90 Å². The molecule has 110 valence electrons. The van der Waals surface area contributed by atoms with Crippen LogP contribution < -0.4 is 10.9 Å². The second-order valence-corrected chi connectivity index (χ2v) is 5.56. The molecular weight excluding hydrogens is 258 g/mol. The van der Waals surface area contributed by atoms with Crippen molar-refractivity contribution in [1.82, 2.24) is 9.55 Å². The first kappa shape index (κ1) is 14.6. The molecule has 0 aromatic carbocycles. The second-order valence-electron chi connectivity index (χ2n) is 5.56. The van der Waals surface area contributed by atoms with Crippen molar-refractivity contribution in [3.8, 4) is 0 Å². The van der Waals surface area contributed by atoms with E-state index in [1.54, 1.807) is 13.2 Å². The molecule has 1 aliphatic carbocycles. The van der Waals surface area contributed by atoms with E-state index in [0.29, 0.717) is 18.8 Å². The van der Waals surface area contributed by atoms with Crippen LogP contribution in [0, 0.1) is 5.92 Å². The molecule has 0 bridgehead atoms. The van der Waals surface area contributed by atoms with Crippen LogP contribution in [0.2, 0.25) is 0 Å². The summed E-state index contributed by atoms with van der Waals surface area (Å²) in [5.74, 6) is -0.206. The first-order chi connectivity index (χ1) is 9.48. The molecule has 1 aliphatic rings. The van der Waals surface area contributed by atoms with Gasteiger partial charge in [0.05, 0.1) is 0 Å². The number of aryl methyl sites for hydroxylation is 1. The molecule has 1 saturated carbocycles. The molecule has 1 aromatic rings. The van der Waals surface area contributed by atoms with E-state index in [4.69, 9.17) is 0 Å². The molecule has 2 N–H and O–H groups in total. The third-order valence-corrected chi connectivity index (χ3v) is 4.32. The Morgan fingerprint density at radius 2 is 2.20 bits per heavy atom. The first-order valence-electron chi connectivity index (χ1n) is 7.01. The van der Waals surface area contributed by atoms with Gasteiger partial charge in [0.15, 0.2) is 5.82 Å². The summed E-state index contributed by atoms with van der Waals surface area (Å²) in [6, 6.07) is 0. The molecule has 20 heavy (non-hydrogen) atoms. The Kier molecular flexibility index (Phi) is 4.11. The molecule has 1 fully saturated rings. The Hall–Kier alpha value is -1.85. The molecule has 0 aliphatic heterocycles. The van der Waals surface area contributed by atoms with Crippen LogP contribution in [0.15, 0.2) is 17.2 Å².